The number of benzene rings is 2. The van der Waals surface area contributed by atoms with Gasteiger partial charge in [-0.15, -0.1) is 11.3 Å². The summed E-state index contributed by atoms with van der Waals surface area (Å²) in [6.07, 6.45) is 2.58. The minimum atomic E-state index is -0.547. The van der Waals surface area contributed by atoms with Crippen molar-refractivity contribution in [3.63, 3.8) is 0 Å². The van der Waals surface area contributed by atoms with Gasteiger partial charge in [-0.25, -0.2) is 13.8 Å². The normalized spacial score (nSPS) is 15.3. The molecule has 0 saturated heterocycles. The smallest absolute Gasteiger partial charge is 0.236 e. The molecule has 0 atom stereocenters. The third-order valence-corrected chi connectivity index (χ3v) is 5.65. The fourth-order valence-corrected chi connectivity index (χ4v) is 4.01. The van der Waals surface area contributed by atoms with Gasteiger partial charge in [0.25, 0.3) is 0 Å². The molecule has 4 rings (SSSR count). The van der Waals surface area contributed by atoms with Gasteiger partial charge in [-0.2, -0.15) is 0 Å². The topological polar surface area (TPSA) is 42.0 Å². The Morgan fingerprint density at radius 2 is 1.88 bits per heavy atom. The highest BCUT2D eigenvalue weighted by Crippen LogP contribution is 2.44. The summed E-state index contributed by atoms with van der Waals surface area (Å²) in [7, 11) is 0. The predicted molar refractivity (Wildman–Crippen MR) is 98.1 cm³/mol. The Bertz CT molecular complexity index is 951. The summed E-state index contributed by atoms with van der Waals surface area (Å²) in [4.78, 5) is 17.2. The van der Waals surface area contributed by atoms with Crippen molar-refractivity contribution in [1.82, 2.24) is 4.98 Å². The van der Waals surface area contributed by atoms with Gasteiger partial charge < -0.3 is 5.32 Å². The lowest BCUT2D eigenvalue weighted by Gasteiger charge is -2.40. The average molecular weight is 370 g/mol. The summed E-state index contributed by atoms with van der Waals surface area (Å²) in [6.45, 7) is 0. The van der Waals surface area contributed by atoms with Crippen LogP contribution in [0.2, 0.25) is 0 Å². The van der Waals surface area contributed by atoms with E-state index in [9.17, 15) is 13.6 Å². The first kappa shape index (κ1) is 16.8. The number of anilines is 1. The molecule has 1 aliphatic carbocycles. The third-order valence-electron chi connectivity index (χ3n) is 4.90. The molecule has 1 saturated carbocycles. The number of nitrogens with zero attached hydrogens (tertiary/aromatic N) is 1. The van der Waals surface area contributed by atoms with Crippen LogP contribution in [0.15, 0.2) is 53.9 Å². The van der Waals surface area contributed by atoms with Crippen LogP contribution in [0, 0.1) is 11.6 Å². The van der Waals surface area contributed by atoms with Gasteiger partial charge in [0, 0.05) is 10.9 Å². The van der Waals surface area contributed by atoms with Crippen LogP contribution in [0.5, 0.6) is 0 Å². The van der Waals surface area contributed by atoms with E-state index in [1.807, 2.05) is 30.3 Å². The van der Waals surface area contributed by atoms with E-state index in [4.69, 9.17) is 0 Å². The molecule has 0 unspecified atom stereocenters. The fourth-order valence-electron chi connectivity index (χ4n) is 3.30. The zero-order valence-electron chi connectivity index (χ0n) is 13.8. The molecule has 26 heavy (non-hydrogen) atoms. The maximum absolute atomic E-state index is 13.9. The van der Waals surface area contributed by atoms with Gasteiger partial charge >= 0.3 is 0 Å². The van der Waals surface area contributed by atoms with Crippen molar-refractivity contribution in [3.8, 4) is 11.3 Å². The van der Waals surface area contributed by atoms with Gasteiger partial charge in [-0.3, -0.25) is 4.79 Å². The molecule has 6 heteroatoms. The first-order valence-electron chi connectivity index (χ1n) is 8.36. The summed E-state index contributed by atoms with van der Waals surface area (Å²) in [5, 5.41) is 4.86. The summed E-state index contributed by atoms with van der Waals surface area (Å²) in [5.41, 5.74) is 0.863. The number of rotatable bonds is 4. The molecule has 1 fully saturated rings. The van der Waals surface area contributed by atoms with Gasteiger partial charge in [0.05, 0.1) is 11.1 Å². The van der Waals surface area contributed by atoms with Crippen LogP contribution < -0.4 is 5.32 Å². The van der Waals surface area contributed by atoms with Gasteiger partial charge in [0.2, 0.25) is 5.91 Å². The number of carbonyl (C=O) groups is 1. The molecule has 2 aromatic carbocycles. The molecule has 1 N–H and O–H groups in total. The number of thiazole rings is 1. The molecule has 1 aliphatic rings. The number of carbonyl (C=O) groups excluding carboxylic acids is 1. The second-order valence-electron chi connectivity index (χ2n) is 6.42. The molecule has 1 aromatic heterocycles. The summed E-state index contributed by atoms with van der Waals surface area (Å²) in [5.74, 6) is -1.18. The SMILES string of the molecule is O=C(Nc1nc(-c2cc(F)ccc2F)cs1)C1(c2ccccc2)CCC1. The Kier molecular flexibility index (Phi) is 4.28. The number of nitrogens with one attached hydrogen (secondary N) is 1. The molecule has 1 amide bonds. The summed E-state index contributed by atoms with van der Waals surface area (Å²) < 4.78 is 27.3. The second kappa shape index (κ2) is 6.61. The second-order valence-corrected chi connectivity index (χ2v) is 7.28. The van der Waals surface area contributed by atoms with Crippen LogP contribution in [-0.4, -0.2) is 10.9 Å². The number of hydrogen-bond acceptors (Lipinski definition) is 3. The molecular weight excluding hydrogens is 354 g/mol. The highest BCUT2D eigenvalue weighted by atomic mass is 32.1. The first-order valence-corrected chi connectivity index (χ1v) is 9.24. The largest absolute Gasteiger partial charge is 0.301 e. The minimum absolute atomic E-state index is 0.0863. The van der Waals surface area contributed by atoms with E-state index in [0.717, 1.165) is 43.0 Å². The first-order chi connectivity index (χ1) is 12.6. The van der Waals surface area contributed by atoms with E-state index in [2.05, 4.69) is 10.3 Å². The highest BCUT2D eigenvalue weighted by Gasteiger charge is 2.45. The van der Waals surface area contributed by atoms with E-state index in [1.54, 1.807) is 5.38 Å². The zero-order valence-corrected chi connectivity index (χ0v) is 14.7. The van der Waals surface area contributed by atoms with Gasteiger partial charge in [0.1, 0.15) is 11.6 Å². The third kappa shape index (κ3) is 2.90. The molecule has 0 radical (unpaired) electrons. The maximum Gasteiger partial charge on any atom is 0.236 e. The average Bonchev–Trinajstić information content (AvgIpc) is 3.05. The van der Waals surface area contributed by atoms with Crippen molar-refractivity contribution < 1.29 is 13.6 Å². The number of amides is 1. The van der Waals surface area contributed by atoms with Crippen molar-refractivity contribution in [2.75, 3.05) is 5.32 Å². The number of hydrogen-bond donors (Lipinski definition) is 1. The molecule has 0 bridgehead atoms. The van der Waals surface area contributed by atoms with E-state index >= 15 is 0 Å². The standard InChI is InChI=1S/C20H16F2N2OS/c21-14-7-8-16(22)15(11-14)17-12-26-19(23-17)24-18(25)20(9-4-10-20)13-5-2-1-3-6-13/h1-3,5-8,11-12H,4,9-10H2,(H,23,24,25). The quantitative estimate of drug-likeness (QED) is 0.690. The van der Waals surface area contributed by atoms with Crippen molar-refractivity contribution >= 4 is 22.4 Å². The van der Waals surface area contributed by atoms with Crippen molar-refractivity contribution in [1.29, 1.82) is 0 Å². The van der Waals surface area contributed by atoms with E-state index in [0.29, 0.717) is 10.8 Å². The predicted octanol–water partition coefficient (Wildman–Crippen LogP) is 5.15. The Labute approximate surface area is 153 Å². The lowest BCUT2D eigenvalue weighted by atomic mass is 9.64. The van der Waals surface area contributed by atoms with E-state index in [1.165, 1.54) is 11.3 Å². The van der Waals surface area contributed by atoms with Gasteiger partial charge in [-0.1, -0.05) is 36.8 Å². The molecule has 132 valence electrons. The Balaban J connectivity index is 1.58. The summed E-state index contributed by atoms with van der Waals surface area (Å²) >= 11 is 1.20. The molecular formula is C20H16F2N2OS. The molecule has 3 aromatic rings. The van der Waals surface area contributed by atoms with Crippen LogP contribution >= 0.6 is 11.3 Å². The van der Waals surface area contributed by atoms with Crippen LogP contribution in [0.1, 0.15) is 24.8 Å². The monoisotopic (exact) mass is 370 g/mol. The molecule has 3 nitrogen and oxygen atoms in total. The van der Waals surface area contributed by atoms with Crippen molar-refractivity contribution in [2.45, 2.75) is 24.7 Å². The van der Waals surface area contributed by atoms with Gasteiger partial charge in [-0.05, 0) is 36.6 Å². The van der Waals surface area contributed by atoms with Crippen molar-refractivity contribution in [2.24, 2.45) is 0 Å². The van der Waals surface area contributed by atoms with Gasteiger partial charge in [0.15, 0.2) is 5.13 Å². The van der Waals surface area contributed by atoms with Crippen LogP contribution in [-0.2, 0) is 10.2 Å². The van der Waals surface area contributed by atoms with E-state index < -0.39 is 17.0 Å². The van der Waals surface area contributed by atoms with Crippen molar-refractivity contribution in [3.05, 3.63) is 71.1 Å². The highest BCUT2D eigenvalue weighted by molar-refractivity contribution is 7.14. The maximum atomic E-state index is 13.9. The lowest BCUT2D eigenvalue weighted by molar-refractivity contribution is -0.124. The number of halogens is 2. The van der Waals surface area contributed by atoms with Crippen LogP contribution in [0.3, 0.4) is 0 Å². The summed E-state index contributed by atoms with van der Waals surface area (Å²) in [6, 6.07) is 13.0. The minimum Gasteiger partial charge on any atom is -0.301 e. The Hall–Kier alpha value is -2.60. The van der Waals surface area contributed by atoms with E-state index in [-0.39, 0.29) is 11.5 Å². The lowest BCUT2D eigenvalue weighted by Crippen LogP contribution is -2.45. The molecule has 0 aliphatic heterocycles. The Morgan fingerprint density at radius 3 is 2.58 bits per heavy atom. The number of aromatic nitrogens is 1. The molecule has 1 heterocycles. The fraction of sp³-hybridized carbons (Fsp3) is 0.200. The Morgan fingerprint density at radius 1 is 1.12 bits per heavy atom. The molecule has 0 spiro atoms. The van der Waals surface area contributed by atoms with Crippen LogP contribution in [0.4, 0.5) is 13.9 Å². The van der Waals surface area contributed by atoms with Crippen LogP contribution in [0.25, 0.3) is 11.3 Å². The zero-order chi connectivity index (χ0) is 18.1.